The van der Waals surface area contributed by atoms with Gasteiger partial charge >= 0.3 is 0 Å². The third kappa shape index (κ3) is 2.48. The van der Waals surface area contributed by atoms with E-state index in [1.807, 2.05) is 52.0 Å². The van der Waals surface area contributed by atoms with E-state index in [-0.39, 0.29) is 11.4 Å². The molecule has 0 unspecified atom stereocenters. The summed E-state index contributed by atoms with van der Waals surface area (Å²) in [5.41, 5.74) is 4.51. The topological polar surface area (TPSA) is 38.7 Å². The van der Waals surface area contributed by atoms with Crippen LogP contribution in [-0.4, -0.2) is 25.2 Å². The first-order chi connectivity index (χ1) is 11.4. The van der Waals surface area contributed by atoms with E-state index in [1.54, 1.807) is 6.07 Å². The van der Waals surface area contributed by atoms with Gasteiger partial charge in [-0.25, -0.2) is 0 Å². The van der Waals surface area contributed by atoms with Crippen molar-refractivity contribution < 1.29 is 14.6 Å². The fraction of sp³-hybridized carbons (Fsp3) is 0.200. The monoisotopic (exact) mass is 318 g/mol. The van der Waals surface area contributed by atoms with Crippen molar-refractivity contribution in [2.75, 3.05) is 6.61 Å². The molecular weight excluding hydrogens is 299 g/mol. The summed E-state index contributed by atoms with van der Waals surface area (Å²) in [4.78, 5) is 0. The Morgan fingerprint density at radius 2 is 2.00 bits per heavy atom. The lowest BCUT2D eigenvalue weighted by Crippen LogP contribution is -2.27. The number of phenols is 1. The van der Waals surface area contributed by atoms with Crippen molar-refractivity contribution in [1.82, 2.24) is 0 Å². The number of phenolic OH excluding ortho intramolecular Hbond substituents is 1. The van der Waals surface area contributed by atoms with Gasteiger partial charge in [-0.3, -0.25) is 0 Å². The molecular formula is C20H19BO3. The highest BCUT2D eigenvalue weighted by molar-refractivity contribution is 6.32. The van der Waals surface area contributed by atoms with Crippen LogP contribution in [0.3, 0.4) is 0 Å². The van der Waals surface area contributed by atoms with E-state index in [0.717, 1.165) is 39.2 Å². The number of fused-ring (bicyclic) bond motifs is 3. The molecule has 0 bridgehead atoms. The average molecular weight is 318 g/mol. The largest absolute Gasteiger partial charge is 0.507 e. The van der Waals surface area contributed by atoms with Gasteiger partial charge in [-0.15, -0.1) is 0 Å². The number of hydrogen-bond donors (Lipinski definition) is 1. The molecule has 3 nitrogen and oxygen atoms in total. The first-order valence-corrected chi connectivity index (χ1v) is 8.11. The summed E-state index contributed by atoms with van der Waals surface area (Å²) in [6.07, 6.45) is 6.20. The van der Waals surface area contributed by atoms with Gasteiger partial charge in [0.05, 0.1) is 5.56 Å². The summed E-state index contributed by atoms with van der Waals surface area (Å²) in [7, 11) is 1.96. The Hall–Kier alpha value is -2.62. The minimum absolute atomic E-state index is 0.288. The molecule has 1 N–H and O–H groups in total. The molecule has 0 saturated carbocycles. The zero-order valence-electron chi connectivity index (χ0n) is 14.1. The van der Waals surface area contributed by atoms with Crippen molar-refractivity contribution in [2.45, 2.75) is 19.4 Å². The predicted octanol–water partition coefficient (Wildman–Crippen LogP) is 2.77. The van der Waals surface area contributed by atoms with E-state index in [0.29, 0.717) is 6.61 Å². The number of rotatable bonds is 1. The zero-order valence-corrected chi connectivity index (χ0v) is 14.1. The third-order valence-electron chi connectivity index (χ3n) is 4.41. The Balaban J connectivity index is 1.78. The smallest absolute Gasteiger partial charge is 0.139 e. The average Bonchev–Trinajstić information content (AvgIpc) is 2.53. The molecule has 0 atom stereocenters. The van der Waals surface area contributed by atoms with Crippen LogP contribution in [0, 0.1) is 0 Å². The summed E-state index contributed by atoms with van der Waals surface area (Å²) >= 11 is 0. The van der Waals surface area contributed by atoms with Crippen LogP contribution >= 0.6 is 0 Å². The molecule has 0 amide bonds. The van der Waals surface area contributed by atoms with Crippen LogP contribution < -0.4 is 14.9 Å². The molecule has 24 heavy (non-hydrogen) atoms. The lowest BCUT2D eigenvalue weighted by atomic mass is 9.91. The van der Waals surface area contributed by atoms with Crippen molar-refractivity contribution in [3.8, 4) is 17.2 Å². The van der Waals surface area contributed by atoms with Gasteiger partial charge in [0.1, 0.15) is 37.3 Å². The molecule has 0 aliphatic carbocycles. The van der Waals surface area contributed by atoms with E-state index >= 15 is 0 Å². The minimum Gasteiger partial charge on any atom is -0.507 e. The first kappa shape index (κ1) is 14.9. The van der Waals surface area contributed by atoms with Gasteiger partial charge in [-0.2, -0.15) is 0 Å². The maximum atomic E-state index is 10.2. The van der Waals surface area contributed by atoms with Gasteiger partial charge < -0.3 is 14.6 Å². The highest BCUT2D eigenvalue weighted by Crippen LogP contribution is 2.43. The van der Waals surface area contributed by atoms with Crippen molar-refractivity contribution in [3.63, 3.8) is 0 Å². The Morgan fingerprint density at radius 3 is 2.79 bits per heavy atom. The number of aromatic hydroxyl groups is 1. The van der Waals surface area contributed by atoms with Crippen LogP contribution in [0.2, 0.25) is 0 Å². The summed E-state index contributed by atoms with van der Waals surface area (Å²) in [6.45, 7) is 4.49. The van der Waals surface area contributed by atoms with E-state index < -0.39 is 0 Å². The predicted molar refractivity (Wildman–Crippen MR) is 99.8 cm³/mol. The fourth-order valence-corrected chi connectivity index (χ4v) is 3.17. The second kappa shape index (κ2) is 5.20. The number of hydrogen-bond acceptors (Lipinski definition) is 3. The van der Waals surface area contributed by atoms with Crippen molar-refractivity contribution in [2.24, 2.45) is 0 Å². The normalized spacial score (nSPS) is 17.2. The molecule has 0 fully saturated rings. The van der Waals surface area contributed by atoms with Gasteiger partial charge in [0.2, 0.25) is 0 Å². The van der Waals surface area contributed by atoms with Crippen LogP contribution in [0.5, 0.6) is 17.2 Å². The molecule has 2 aliphatic rings. The molecule has 2 aromatic rings. The Kier molecular flexibility index (Phi) is 3.24. The molecule has 2 heterocycles. The molecule has 0 radical (unpaired) electrons. The van der Waals surface area contributed by atoms with Gasteiger partial charge in [0, 0.05) is 16.7 Å². The quantitative estimate of drug-likeness (QED) is 0.822. The van der Waals surface area contributed by atoms with Crippen molar-refractivity contribution >= 4 is 31.0 Å². The number of ether oxygens (including phenoxy) is 2. The SMILES string of the molecule is Bc1ccc(C2=Cc3ccc4c(c3OC2)C=CC(C)(C)O4)c(O)c1. The molecule has 2 aliphatic heterocycles. The van der Waals surface area contributed by atoms with Crippen LogP contribution in [-0.2, 0) is 0 Å². The summed E-state index contributed by atoms with van der Waals surface area (Å²) in [6, 6.07) is 9.70. The molecule has 4 heteroatoms. The first-order valence-electron chi connectivity index (χ1n) is 8.11. The molecule has 0 spiro atoms. The molecule has 0 saturated heterocycles. The van der Waals surface area contributed by atoms with E-state index in [9.17, 15) is 5.11 Å². The van der Waals surface area contributed by atoms with Crippen molar-refractivity contribution in [3.05, 3.63) is 53.1 Å². The third-order valence-corrected chi connectivity index (χ3v) is 4.41. The summed E-state index contributed by atoms with van der Waals surface area (Å²) in [5, 5.41) is 10.2. The Bertz CT molecular complexity index is 894. The zero-order chi connectivity index (χ0) is 16.9. The lowest BCUT2D eigenvalue weighted by Gasteiger charge is -2.30. The maximum Gasteiger partial charge on any atom is 0.139 e. The van der Waals surface area contributed by atoms with E-state index in [4.69, 9.17) is 9.47 Å². The maximum absolute atomic E-state index is 10.2. The van der Waals surface area contributed by atoms with Gasteiger partial charge in [0.15, 0.2) is 0 Å². The Labute approximate surface area is 142 Å². The van der Waals surface area contributed by atoms with E-state index in [1.165, 1.54) is 0 Å². The highest BCUT2D eigenvalue weighted by Gasteiger charge is 2.26. The van der Waals surface area contributed by atoms with Crippen LogP contribution in [0.25, 0.3) is 17.7 Å². The minimum atomic E-state index is -0.301. The standard InChI is InChI=1S/C20H19BO3/c1-20(2)8-7-16-18(24-20)6-3-12-9-13(11-23-19(12)16)15-5-4-14(21)10-17(15)22/h3-10,22H,11,21H2,1-2H3. The van der Waals surface area contributed by atoms with Gasteiger partial charge in [-0.1, -0.05) is 17.6 Å². The summed E-state index contributed by atoms with van der Waals surface area (Å²) in [5.74, 6) is 1.97. The highest BCUT2D eigenvalue weighted by atomic mass is 16.5. The van der Waals surface area contributed by atoms with Crippen LogP contribution in [0.1, 0.15) is 30.5 Å². The fourth-order valence-electron chi connectivity index (χ4n) is 3.17. The Morgan fingerprint density at radius 1 is 1.17 bits per heavy atom. The van der Waals surface area contributed by atoms with Crippen LogP contribution in [0.4, 0.5) is 0 Å². The van der Waals surface area contributed by atoms with Crippen molar-refractivity contribution in [1.29, 1.82) is 0 Å². The molecule has 4 rings (SSSR count). The van der Waals surface area contributed by atoms with E-state index in [2.05, 4.69) is 12.2 Å². The number of benzene rings is 2. The molecule has 0 aromatic heterocycles. The second-order valence-electron chi connectivity index (χ2n) is 6.91. The molecule has 2 aromatic carbocycles. The molecule has 120 valence electrons. The summed E-state index contributed by atoms with van der Waals surface area (Å²) < 4.78 is 12.0. The van der Waals surface area contributed by atoms with Crippen LogP contribution in [0.15, 0.2) is 36.4 Å². The lowest BCUT2D eigenvalue weighted by molar-refractivity contribution is 0.158. The van der Waals surface area contributed by atoms with Gasteiger partial charge in [0.25, 0.3) is 0 Å². The second-order valence-corrected chi connectivity index (χ2v) is 6.91. The van der Waals surface area contributed by atoms with Gasteiger partial charge in [-0.05, 0) is 50.3 Å².